The van der Waals surface area contributed by atoms with Crippen LogP contribution < -0.4 is 5.32 Å². The summed E-state index contributed by atoms with van der Waals surface area (Å²) in [7, 11) is 0. The fraction of sp³-hybridized carbons (Fsp3) is 0.375. The van der Waals surface area contributed by atoms with Gasteiger partial charge in [-0.15, -0.1) is 0 Å². The maximum absolute atomic E-state index is 13.2. The highest BCUT2D eigenvalue weighted by Gasteiger charge is 2.63. The van der Waals surface area contributed by atoms with E-state index in [4.69, 9.17) is 11.6 Å². The van der Waals surface area contributed by atoms with Crippen LogP contribution >= 0.6 is 27.5 Å². The summed E-state index contributed by atoms with van der Waals surface area (Å²) in [6.45, 7) is 1.55. The van der Waals surface area contributed by atoms with Crippen LogP contribution in [0.1, 0.15) is 29.9 Å². The lowest BCUT2D eigenvalue weighted by molar-refractivity contribution is -0.143. The van der Waals surface area contributed by atoms with E-state index in [0.29, 0.717) is 16.6 Å². The normalized spacial score (nSPS) is 28.9. The average molecular weight is 502 g/mol. The molecule has 160 valence electrons. The summed E-state index contributed by atoms with van der Waals surface area (Å²) in [6.07, 6.45) is 1.86. The summed E-state index contributed by atoms with van der Waals surface area (Å²) in [5, 5.41) is 3.31. The SMILES string of the molecule is Cc1c(NC(=O)CN2C(=O)C3C4CC(c5ccccc5)C(C4)C3C2=O)ccc(Br)c1Cl. The maximum atomic E-state index is 13.2. The van der Waals surface area contributed by atoms with Gasteiger partial charge in [-0.1, -0.05) is 41.9 Å². The number of hydrogen-bond acceptors (Lipinski definition) is 3. The molecule has 2 aromatic rings. The van der Waals surface area contributed by atoms with Crippen molar-refractivity contribution in [1.29, 1.82) is 0 Å². The number of imide groups is 1. The van der Waals surface area contributed by atoms with Crippen LogP contribution in [0, 0.1) is 30.6 Å². The first kappa shape index (κ1) is 20.7. The summed E-state index contributed by atoms with van der Waals surface area (Å²) in [5.74, 6) is -0.631. The minimum Gasteiger partial charge on any atom is -0.324 e. The van der Waals surface area contributed by atoms with Gasteiger partial charge in [-0.25, -0.2) is 0 Å². The number of benzene rings is 2. The smallest absolute Gasteiger partial charge is 0.244 e. The van der Waals surface area contributed by atoms with E-state index in [9.17, 15) is 14.4 Å². The van der Waals surface area contributed by atoms with Crippen molar-refractivity contribution >= 4 is 50.9 Å². The molecule has 1 heterocycles. The van der Waals surface area contributed by atoms with Gasteiger partial charge in [-0.3, -0.25) is 19.3 Å². The molecule has 5 unspecified atom stereocenters. The first-order valence-electron chi connectivity index (χ1n) is 10.5. The van der Waals surface area contributed by atoms with Crippen molar-refractivity contribution in [2.45, 2.75) is 25.7 Å². The third-order valence-electron chi connectivity index (χ3n) is 7.25. The van der Waals surface area contributed by atoms with Crippen LogP contribution in [0.4, 0.5) is 5.69 Å². The molecule has 5 nitrogen and oxygen atoms in total. The second-order valence-electron chi connectivity index (χ2n) is 8.81. The molecule has 0 spiro atoms. The highest BCUT2D eigenvalue weighted by Crippen LogP contribution is 2.61. The van der Waals surface area contributed by atoms with E-state index in [0.717, 1.165) is 22.9 Å². The Labute approximate surface area is 194 Å². The van der Waals surface area contributed by atoms with Crippen LogP contribution in [-0.4, -0.2) is 29.2 Å². The maximum Gasteiger partial charge on any atom is 0.244 e. The van der Waals surface area contributed by atoms with Gasteiger partial charge in [0.15, 0.2) is 0 Å². The van der Waals surface area contributed by atoms with Crippen LogP contribution in [-0.2, 0) is 14.4 Å². The molecular formula is C24H22BrClN2O3. The van der Waals surface area contributed by atoms with Gasteiger partial charge in [0.1, 0.15) is 6.54 Å². The van der Waals surface area contributed by atoms with Gasteiger partial charge in [0.2, 0.25) is 17.7 Å². The highest BCUT2D eigenvalue weighted by molar-refractivity contribution is 9.10. The Bertz CT molecular complexity index is 1090. The van der Waals surface area contributed by atoms with Crippen LogP contribution in [0.25, 0.3) is 0 Å². The fourth-order valence-electron chi connectivity index (χ4n) is 5.88. The van der Waals surface area contributed by atoms with Gasteiger partial charge in [-0.05, 0) is 76.7 Å². The molecule has 5 rings (SSSR count). The molecule has 3 aliphatic rings. The fourth-order valence-corrected chi connectivity index (χ4v) is 6.48. The van der Waals surface area contributed by atoms with Crippen LogP contribution in [0.5, 0.6) is 0 Å². The number of halogens is 2. The summed E-state index contributed by atoms with van der Waals surface area (Å²) in [6, 6.07) is 13.8. The molecular weight excluding hydrogens is 480 g/mol. The van der Waals surface area contributed by atoms with E-state index >= 15 is 0 Å². The first-order valence-corrected chi connectivity index (χ1v) is 11.7. The second kappa shape index (κ2) is 7.75. The molecule has 2 aliphatic carbocycles. The number of fused-ring (bicyclic) bond motifs is 5. The molecule has 3 amide bonds. The number of hydrogen-bond donors (Lipinski definition) is 1. The number of rotatable bonds is 4. The van der Waals surface area contributed by atoms with Crippen molar-refractivity contribution < 1.29 is 14.4 Å². The largest absolute Gasteiger partial charge is 0.324 e. The topological polar surface area (TPSA) is 66.5 Å². The minimum absolute atomic E-state index is 0.175. The van der Waals surface area contributed by atoms with Gasteiger partial charge in [0.05, 0.1) is 16.9 Å². The van der Waals surface area contributed by atoms with E-state index in [2.05, 4.69) is 33.4 Å². The summed E-state index contributed by atoms with van der Waals surface area (Å²) in [4.78, 5) is 40.2. The number of likely N-dealkylation sites (tertiary alicyclic amines) is 1. The molecule has 1 N–H and O–H groups in total. The zero-order chi connectivity index (χ0) is 21.9. The van der Waals surface area contributed by atoms with Crippen molar-refractivity contribution in [2.24, 2.45) is 23.7 Å². The van der Waals surface area contributed by atoms with Gasteiger partial charge < -0.3 is 5.32 Å². The average Bonchev–Trinajstić information content (AvgIpc) is 3.43. The predicted molar refractivity (Wildman–Crippen MR) is 122 cm³/mol. The highest BCUT2D eigenvalue weighted by atomic mass is 79.9. The van der Waals surface area contributed by atoms with Crippen LogP contribution in [0.2, 0.25) is 5.02 Å². The van der Waals surface area contributed by atoms with Crippen molar-refractivity contribution in [1.82, 2.24) is 4.90 Å². The minimum atomic E-state index is -0.393. The molecule has 31 heavy (non-hydrogen) atoms. The Balaban J connectivity index is 1.32. The first-order chi connectivity index (χ1) is 14.9. The molecule has 2 saturated carbocycles. The van der Waals surface area contributed by atoms with Gasteiger partial charge in [0.25, 0.3) is 0 Å². The standard InChI is InChI=1S/C24H22BrClN2O3/c1-12-18(8-7-17(25)22(12)26)27-19(29)11-28-23(30)20-14-9-15(13-5-3-2-4-6-13)16(10-14)21(20)24(28)31/h2-8,14-16,20-21H,9-11H2,1H3,(H,27,29). The number of carbonyl (C=O) groups is 3. The Morgan fingerprint density at radius 1 is 1.10 bits per heavy atom. The van der Waals surface area contributed by atoms with Crippen molar-refractivity contribution in [3.63, 3.8) is 0 Å². The molecule has 0 radical (unpaired) electrons. The molecule has 2 bridgehead atoms. The summed E-state index contributed by atoms with van der Waals surface area (Å²) < 4.78 is 0.742. The van der Waals surface area contributed by atoms with E-state index in [1.165, 1.54) is 10.5 Å². The van der Waals surface area contributed by atoms with E-state index in [1.54, 1.807) is 19.1 Å². The summed E-state index contributed by atoms with van der Waals surface area (Å²) in [5.41, 5.74) is 2.54. The molecule has 7 heteroatoms. The monoisotopic (exact) mass is 500 g/mol. The van der Waals surface area contributed by atoms with Crippen molar-refractivity contribution in [3.8, 4) is 0 Å². The zero-order valence-corrected chi connectivity index (χ0v) is 19.3. The van der Waals surface area contributed by atoms with Crippen molar-refractivity contribution in [3.05, 3.63) is 63.1 Å². The molecule has 0 aromatic heterocycles. The van der Waals surface area contributed by atoms with E-state index in [1.807, 2.05) is 18.2 Å². The van der Waals surface area contributed by atoms with E-state index in [-0.39, 0.29) is 42.0 Å². The quantitative estimate of drug-likeness (QED) is 0.614. The number of amides is 3. The molecule has 2 aromatic carbocycles. The predicted octanol–water partition coefficient (Wildman–Crippen LogP) is 4.77. The molecule has 5 atom stereocenters. The number of anilines is 1. The zero-order valence-electron chi connectivity index (χ0n) is 17.0. The third-order valence-corrected chi connectivity index (χ3v) is 8.63. The van der Waals surface area contributed by atoms with Crippen LogP contribution in [0.3, 0.4) is 0 Å². The number of nitrogens with zero attached hydrogens (tertiary/aromatic N) is 1. The lowest BCUT2D eigenvalue weighted by atomic mass is 9.73. The van der Waals surface area contributed by atoms with Crippen LogP contribution in [0.15, 0.2) is 46.9 Å². The Hall–Kier alpha value is -2.18. The Morgan fingerprint density at radius 3 is 2.55 bits per heavy atom. The lowest BCUT2D eigenvalue weighted by Crippen LogP contribution is -2.39. The Kier molecular flexibility index (Phi) is 5.18. The second-order valence-corrected chi connectivity index (χ2v) is 10.0. The summed E-state index contributed by atoms with van der Waals surface area (Å²) >= 11 is 9.59. The molecule has 1 aliphatic heterocycles. The number of nitrogens with one attached hydrogen (secondary N) is 1. The lowest BCUT2D eigenvalue weighted by Gasteiger charge is -2.28. The molecule has 3 fully saturated rings. The van der Waals surface area contributed by atoms with Crippen molar-refractivity contribution in [2.75, 3.05) is 11.9 Å². The van der Waals surface area contributed by atoms with Gasteiger partial charge >= 0.3 is 0 Å². The van der Waals surface area contributed by atoms with E-state index < -0.39 is 5.91 Å². The molecule has 1 saturated heterocycles. The third kappa shape index (κ3) is 3.31. The Morgan fingerprint density at radius 2 is 1.81 bits per heavy atom. The number of carbonyl (C=O) groups excluding carboxylic acids is 3. The van der Waals surface area contributed by atoms with Gasteiger partial charge in [-0.2, -0.15) is 0 Å². The van der Waals surface area contributed by atoms with Gasteiger partial charge in [0, 0.05) is 10.2 Å².